The molecule has 0 aliphatic rings. The molecule has 1 aromatic heterocycles. The first-order valence-corrected chi connectivity index (χ1v) is 10.2. The molecule has 0 amide bonds. The molecule has 0 bridgehead atoms. The number of nitrogens with zero attached hydrogens (tertiary/aromatic N) is 2. The van der Waals surface area contributed by atoms with Crippen LogP contribution in [-0.2, 0) is 10.0 Å². The predicted molar refractivity (Wildman–Crippen MR) is 109 cm³/mol. The fourth-order valence-corrected chi connectivity index (χ4v) is 3.87. The minimum atomic E-state index is -3.83. The molecule has 0 saturated heterocycles. The standard InChI is InChI=1S/C22H15N3O3S/c23-14-18-8-4-5-9-20(18)25-29(26,27)19-12-10-17(11-13-19)22-24-15-21(28-22)16-6-2-1-3-7-16/h1-13,15,25H. The molecule has 0 radical (unpaired) electrons. The summed E-state index contributed by atoms with van der Waals surface area (Å²) in [5, 5.41) is 9.13. The molecule has 0 spiro atoms. The van der Waals surface area contributed by atoms with Crippen molar-refractivity contribution in [3.8, 4) is 28.8 Å². The third-order valence-corrected chi connectivity index (χ3v) is 5.65. The van der Waals surface area contributed by atoms with Gasteiger partial charge in [-0.15, -0.1) is 0 Å². The molecule has 142 valence electrons. The Hall–Kier alpha value is -3.89. The number of nitriles is 1. The number of benzene rings is 3. The lowest BCUT2D eigenvalue weighted by molar-refractivity contribution is 0.588. The summed E-state index contributed by atoms with van der Waals surface area (Å²) in [6.45, 7) is 0. The summed E-state index contributed by atoms with van der Waals surface area (Å²) in [7, 11) is -3.83. The molecule has 4 aromatic rings. The highest BCUT2D eigenvalue weighted by molar-refractivity contribution is 7.92. The van der Waals surface area contributed by atoms with Crippen molar-refractivity contribution in [3.63, 3.8) is 0 Å². The Bertz CT molecular complexity index is 1290. The van der Waals surface area contributed by atoms with Crippen LogP contribution in [0.5, 0.6) is 0 Å². The normalized spacial score (nSPS) is 11.0. The maximum Gasteiger partial charge on any atom is 0.261 e. The number of oxazole rings is 1. The lowest BCUT2D eigenvalue weighted by Gasteiger charge is -2.09. The van der Waals surface area contributed by atoms with Crippen LogP contribution in [-0.4, -0.2) is 13.4 Å². The van der Waals surface area contributed by atoms with E-state index < -0.39 is 10.0 Å². The van der Waals surface area contributed by atoms with Crippen LogP contribution in [0.25, 0.3) is 22.8 Å². The van der Waals surface area contributed by atoms with Crippen molar-refractivity contribution in [1.29, 1.82) is 5.26 Å². The van der Waals surface area contributed by atoms with Crippen LogP contribution in [0.1, 0.15) is 5.56 Å². The van der Waals surface area contributed by atoms with Gasteiger partial charge in [-0.1, -0.05) is 42.5 Å². The van der Waals surface area contributed by atoms with Gasteiger partial charge in [0, 0.05) is 11.1 Å². The van der Waals surface area contributed by atoms with E-state index in [4.69, 9.17) is 9.68 Å². The van der Waals surface area contributed by atoms with E-state index in [1.54, 1.807) is 42.6 Å². The summed E-state index contributed by atoms with van der Waals surface area (Å²) in [5.41, 5.74) is 2.05. The minimum absolute atomic E-state index is 0.0730. The van der Waals surface area contributed by atoms with Crippen LogP contribution in [0.4, 0.5) is 5.69 Å². The summed E-state index contributed by atoms with van der Waals surface area (Å²) in [6, 6.07) is 24.2. The fraction of sp³-hybridized carbons (Fsp3) is 0. The Labute approximate surface area is 168 Å². The monoisotopic (exact) mass is 401 g/mol. The van der Waals surface area contributed by atoms with Crippen LogP contribution in [0.15, 0.2) is 94.4 Å². The first-order chi connectivity index (χ1) is 14.1. The molecule has 1 N–H and O–H groups in total. The van der Waals surface area contributed by atoms with Gasteiger partial charge in [-0.05, 0) is 36.4 Å². The molecule has 0 saturated carbocycles. The summed E-state index contributed by atoms with van der Waals surface area (Å²) < 4.78 is 33.5. The smallest absolute Gasteiger partial charge is 0.261 e. The highest BCUT2D eigenvalue weighted by Gasteiger charge is 2.17. The lowest BCUT2D eigenvalue weighted by atomic mass is 10.2. The fourth-order valence-electron chi connectivity index (χ4n) is 2.79. The van der Waals surface area contributed by atoms with Crippen molar-refractivity contribution in [1.82, 2.24) is 4.98 Å². The van der Waals surface area contributed by atoms with E-state index in [-0.39, 0.29) is 16.1 Å². The second-order valence-corrected chi connectivity index (χ2v) is 7.87. The molecule has 1 heterocycles. The topological polar surface area (TPSA) is 96.0 Å². The second kappa shape index (κ2) is 7.62. The van der Waals surface area contributed by atoms with Crippen molar-refractivity contribution in [2.75, 3.05) is 4.72 Å². The Morgan fingerprint density at radius 1 is 0.862 bits per heavy atom. The number of hydrogen-bond acceptors (Lipinski definition) is 5. The van der Waals surface area contributed by atoms with Gasteiger partial charge in [-0.3, -0.25) is 4.72 Å². The number of para-hydroxylation sites is 1. The molecule has 4 rings (SSSR count). The number of rotatable bonds is 5. The van der Waals surface area contributed by atoms with Gasteiger partial charge in [0.1, 0.15) is 6.07 Å². The van der Waals surface area contributed by atoms with E-state index in [1.807, 2.05) is 36.4 Å². The molecule has 7 heteroatoms. The zero-order valence-electron chi connectivity index (χ0n) is 15.1. The van der Waals surface area contributed by atoms with Crippen LogP contribution < -0.4 is 4.72 Å². The highest BCUT2D eigenvalue weighted by atomic mass is 32.2. The molecule has 29 heavy (non-hydrogen) atoms. The third-order valence-electron chi connectivity index (χ3n) is 4.27. The summed E-state index contributed by atoms with van der Waals surface area (Å²) in [5.74, 6) is 1.03. The third kappa shape index (κ3) is 3.88. The molecule has 3 aromatic carbocycles. The van der Waals surface area contributed by atoms with Gasteiger partial charge in [-0.25, -0.2) is 13.4 Å². The minimum Gasteiger partial charge on any atom is -0.436 e. The van der Waals surface area contributed by atoms with Crippen molar-refractivity contribution in [3.05, 3.63) is 90.6 Å². The molecular formula is C22H15N3O3S. The molecule has 0 atom stereocenters. The molecule has 0 aliphatic heterocycles. The number of sulfonamides is 1. The summed E-state index contributed by atoms with van der Waals surface area (Å²) >= 11 is 0. The first-order valence-electron chi connectivity index (χ1n) is 8.70. The highest BCUT2D eigenvalue weighted by Crippen LogP contribution is 2.27. The average Bonchev–Trinajstić information content (AvgIpc) is 3.25. The predicted octanol–water partition coefficient (Wildman–Crippen LogP) is 4.68. The van der Waals surface area contributed by atoms with Crippen LogP contribution >= 0.6 is 0 Å². The van der Waals surface area contributed by atoms with E-state index >= 15 is 0 Å². The van der Waals surface area contributed by atoms with Gasteiger partial charge in [0.2, 0.25) is 5.89 Å². The number of aromatic nitrogens is 1. The Kier molecular flexibility index (Phi) is 4.85. The Morgan fingerprint density at radius 3 is 2.28 bits per heavy atom. The Morgan fingerprint density at radius 2 is 1.55 bits per heavy atom. The first kappa shape index (κ1) is 18.5. The van der Waals surface area contributed by atoms with Gasteiger partial charge in [0.05, 0.1) is 22.3 Å². The van der Waals surface area contributed by atoms with E-state index in [0.717, 1.165) is 5.56 Å². The molecule has 6 nitrogen and oxygen atoms in total. The number of anilines is 1. The number of nitrogens with one attached hydrogen (secondary N) is 1. The summed E-state index contributed by atoms with van der Waals surface area (Å²) in [4.78, 5) is 4.35. The molecule has 0 unspecified atom stereocenters. The zero-order chi connectivity index (χ0) is 20.3. The van der Waals surface area contributed by atoms with Gasteiger partial charge in [-0.2, -0.15) is 5.26 Å². The number of hydrogen-bond donors (Lipinski definition) is 1. The maximum absolute atomic E-state index is 12.6. The van der Waals surface area contributed by atoms with Gasteiger partial charge >= 0.3 is 0 Å². The summed E-state index contributed by atoms with van der Waals surface area (Å²) in [6.07, 6.45) is 1.63. The van der Waals surface area contributed by atoms with Crippen molar-refractivity contribution in [2.45, 2.75) is 4.90 Å². The van der Waals surface area contributed by atoms with E-state index in [1.165, 1.54) is 12.1 Å². The van der Waals surface area contributed by atoms with E-state index in [0.29, 0.717) is 17.2 Å². The van der Waals surface area contributed by atoms with Gasteiger partial charge in [0.25, 0.3) is 10.0 Å². The van der Waals surface area contributed by atoms with E-state index in [9.17, 15) is 8.42 Å². The maximum atomic E-state index is 12.6. The Balaban J connectivity index is 1.58. The van der Waals surface area contributed by atoms with E-state index in [2.05, 4.69) is 9.71 Å². The molecule has 0 aliphatic carbocycles. The molecule has 0 fully saturated rings. The van der Waals surface area contributed by atoms with Crippen LogP contribution in [0.2, 0.25) is 0 Å². The molecular weight excluding hydrogens is 386 g/mol. The van der Waals surface area contributed by atoms with Gasteiger partial charge < -0.3 is 4.42 Å². The quantitative estimate of drug-likeness (QED) is 0.524. The van der Waals surface area contributed by atoms with Crippen LogP contribution in [0, 0.1) is 11.3 Å². The van der Waals surface area contributed by atoms with Gasteiger partial charge in [0.15, 0.2) is 5.76 Å². The zero-order valence-corrected chi connectivity index (χ0v) is 15.9. The second-order valence-electron chi connectivity index (χ2n) is 6.18. The lowest BCUT2D eigenvalue weighted by Crippen LogP contribution is -2.13. The van der Waals surface area contributed by atoms with Crippen molar-refractivity contribution in [2.24, 2.45) is 0 Å². The van der Waals surface area contributed by atoms with Crippen LogP contribution in [0.3, 0.4) is 0 Å². The SMILES string of the molecule is N#Cc1ccccc1NS(=O)(=O)c1ccc(-c2ncc(-c3ccccc3)o2)cc1. The van der Waals surface area contributed by atoms with Crippen molar-refractivity contribution >= 4 is 15.7 Å². The average molecular weight is 401 g/mol. The largest absolute Gasteiger partial charge is 0.436 e. The van der Waals surface area contributed by atoms with Crippen molar-refractivity contribution < 1.29 is 12.8 Å².